The predicted molar refractivity (Wildman–Crippen MR) is 102 cm³/mol. The molecule has 0 spiro atoms. The van der Waals surface area contributed by atoms with E-state index >= 15 is 4.39 Å². The number of sulfonamides is 1. The molecule has 162 valence electrons. The Balaban J connectivity index is 1.88. The Morgan fingerprint density at radius 1 is 1.13 bits per heavy atom. The van der Waals surface area contributed by atoms with Crippen molar-refractivity contribution in [3.05, 3.63) is 42.2 Å². The number of ether oxygens (including phenoxy) is 2. The lowest BCUT2D eigenvalue weighted by Crippen LogP contribution is -2.58. The van der Waals surface area contributed by atoms with Gasteiger partial charge in [-0.1, -0.05) is 18.2 Å². The van der Waals surface area contributed by atoms with Crippen LogP contribution in [-0.2, 0) is 20.4 Å². The smallest absolute Gasteiger partial charge is 0.276 e. The molecule has 0 bridgehead atoms. The zero-order valence-corrected chi connectivity index (χ0v) is 17.1. The summed E-state index contributed by atoms with van der Waals surface area (Å²) in [5.74, 6) is -1.76. The van der Waals surface area contributed by atoms with Crippen molar-refractivity contribution in [1.29, 1.82) is 0 Å². The Hall–Kier alpha value is -2.83. The molecule has 2 unspecified atom stereocenters. The fraction of sp³-hybridized carbons (Fsp3) is 0.389. The molecule has 1 amide bonds. The summed E-state index contributed by atoms with van der Waals surface area (Å²) in [5.41, 5.74) is -3.46. The fourth-order valence-corrected chi connectivity index (χ4v) is 4.11. The standard InChI is InChI=1S/C18H21FN4O6S/c1-28-13-11-14(29-2)21-15(20-13)18(25)10-6-9-17(18,19)16(24)22-23-30(26,27)12-7-4-3-5-8-12/h3-5,7-8,11,23,25H,6,9-10H2,1-2H3,(H,22,24). The Kier molecular flexibility index (Phi) is 5.92. The summed E-state index contributed by atoms with van der Waals surface area (Å²) in [6.07, 6.45) is -0.404. The first-order valence-electron chi connectivity index (χ1n) is 8.92. The quantitative estimate of drug-likeness (QED) is 0.532. The molecule has 10 nitrogen and oxygen atoms in total. The average molecular weight is 440 g/mol. The second-order valence-corrected chi connectivity index (χ2v) is 8.35. The minimum atomic E-state index is -4.14. The van der Waals surface area contributed by atoms with Crippen molar-refractivity contribution < 1.29 is 32.2 Å². The number of benzene rings is 1. The first-order valence-corrected chi connectivity index (χ1v) is 10.4. The van der Waals surface area contributed by atoms with Crippen LogP contribution < -0.4 is 19.7 Å². The van der Waals surface area contributed by atoms with Crippen LogP contribution in [0.4, 0.5) is 4.39 Å². The third-order valence-corrected chi connectivity index (χ3v) is 6.16. The van der Waals surface area contributed by atoms with Gasteiger partial charge in [-0.05, 0) is 31.4 Å². The summed E-state index contributed by atoms with van der Waals surface area (Å²) in [5, 5.41) is 11.1. The van der Waals surface area contributed by atoms with Crippen LogP contribution in [0.3, 0.4) is 0 Å². The fourth-order valence-electron chi connectivity index (χ4n) is 3.25. The van der Waals surface area contributed by atoms with Gasteiger partial charge in [0.15, 0.2) is 11.4 Å². The van der Waals surface area contributed by atoms with E-state index in [4.69, 9.17) is 9.47 Å². The number of aliphatic hydroxyl groups is 1. The van der Waals surface area contributed by atoms with E-state index < -0.39 is 33.0 Å². The summed E-state index contributed by atoms with van der Waals surface area (Å²) in [6, 6.07) is 8.56. The maximum Gasteiger partial charge on any atom is 0.276 e. The molecular formula is C18H21FN4O6S. The Morgan fingerprint density at radius 2 is 1.73 bits per heavy atom. The number of hydrogen-bond donors (Lipinski definition) is 3. The van der Waals surface area contributed by atoms with Crippen LogP contribution >= 0.6 is 0 Å². The molecule has 1 heterocycles. The van der Waals surface area contributed by atoms with Crippen LogP contribution in [0.1, 0.15) is 25.1 Å². The molecule has 2 atom stereocenters. The van der Waals surface area contributed by atoms with E-state index in [1.54, 1.807) is 6.07 Å². The lowest BCUT2D eigenvalue weighted by molar-refractivity contribution is -0.154. The number of halogens is 1. The Bertz CT molecular complexity index is 1020. The highest BCUT2D eigenvalue weighted by Gasteiger charge is 2.63. The van der Waals surface area contributed by atoms with Gasteiger partial charge in [-0.25, -0.2) is 12.8 Å². The molecule has 0 radical (unpaired) electrons. The van der Waals surface area contributed by atoms with Crippen LogP contribution in [0.15, 0.2) is 41.3 Å². The van der Waals surface area contributed by atoms with E-state index in [9.17, 15) is 18.3 Å². The van der Waals surface area contributed by atoms with E-state index in [-0.39, 0.29) is 35.9 Å². The van der Waals surface area contributed by atoms with Gasteiger partial charge < -0.3 is 14.6 Å². The number of carbonyl (C=O) groups is 1. The minimum absolute atomic E-state index is 0.00436. The maximum atomic E-state index is 15.8. The van der Waals surface area contributed by atoms with Crippen molar-refractivity contribution in [2.45, 2.75) is 35.4 Å². The molecule has 1 aromatic heterocycles. The number of methoxy groups -OCH3 is 2. The predicted octanol–water partition coefficient (Wildman–Crippen LogP) is 0.583. The summed E-state index contributed by atoms with van der Waals surface area (Å²) in [7, 11) is -1.50. The molecule has 1 saturated carbocycles. The molecule has 1 aromatic carbocycles. The van der Waals surface area contributed by atoms with Crippen molar-refractivity contribution >= 4 is 15.9 Å². The summed E-state index contributed by atoms with van der Waals surface area (Å²) >= 11 is 0. The highest BCUT2D eigenvalue weighted by Crippen LogP contribution is 2.48. The third-order valence-electron chi connectivity index (χ3n) is 4.90. The van der Waals surface area contributed by atoms with Crippen molar-refractivity contribution in [2.75, 3.05) is 14.2 Å². The van der Waals surface area contributed by atoms with Gasteiger partial charge in [-0.15, -0.1) is 4.83 Å². The van der Waals surface area contributed by atoms with Crippen molar-refractivity contribution in [1.82, 2.24) is 20.2 Å². The molecular weight excluding hydrogens is 419 g/mol. The highest BCUT2D eigenvalue weighted by atomic mass is 32.2. The van der Waals surface area contributed by atoms with Gasteiger partial charge in [-0.3, -0.25) is 10.2 Å². The number of hydrogen-bond acceptors (Lipinski definition) is 8. The van der Waals surface area contributed by atoms with Crippen molar-refractivity contribution in [2.24, 2.45) is 0 Å². The number of rotatable bonds is 7. The monoisotopic (exact) mass is 440 g/mol. The summed E-state index contributed by atoms with van der Waals surface area (Å²) < 4.78 is 50.4. The summed E-state index contributed by atoms with van der Waals surface area (Å²) in [6.45, 7) is 0. The number of aromatic nitrogens is 2. The molecule has 0 aliphatic heterocycles. The van der Waals surface area contributed by atoms with Crippen LogP contribution in [0, 0.1) is 0 Å². The Labute approximate surface area is 172 Å². The number of carbonyl (C=O) groups excluding carboxylic acids is 1. The molecule has 1 aliphatic rings. The topological polar surface area (TPSA) is 140 Å². The second-order valence-electron chi connectivity index (χ2n) is 6.66. The van der Waals surface area contributed by atoms with Gasteiger partial charge in [0.2, 0.25) is 17.4 Å². The first kappa shape index (κ1) is 21.9. The lowest BCUT2D eigenvalue weighted by Gasteiger charge is -2.33. The van der Waals surface area contributed by atoms with E-state index in [0.717, 1.165) is 0 Å². The van der Waals surface area contributed by atoms with Crippen LogP contribution in [0.2, 0.25) is 0 Å². The Morgan fingerprint density at radius 3 is 2.30 bits per heavy atom. The number of amides is 1. The highest BCUT2D eigenvalue weighted by molar-refractivity contribution is 7.89. The molecule has 3 N–H and O–H groups in total. The molecule has 12 heteroatoms. The number of alkyl halides is 1. The first-order chi connectivity index (χ1) is 14.2. The van der Waals surface area contributed by atoms with Crippen molar-refractivity contribution in [3.8, 4) is 11.8 Å². The lowest BCUT2D eigenvalue weighted by atomic mass is 9.86. The van der Waals surface area contributed by atoms with E-state index in [1.807, 2.05) is 10.3 Å². The van der Waals surface area contributed by atoms with Crippen LogP contribution in [-0.4, -0.2) is 49.3 Å². The largest absolute Gasteiger partial charge is 0.481 e. The van der Waals surface area contributed by atoms with Gasteiger partial charge >= 0.3 is 0 Å². The van der Waals surface area contributed by atoms with Gasteiger partial charge in [-0.2, -0.15) is 9.97 Å². The average Bonchev–Trinajstić information content (AvgIpc) is 3.08. The maximum absolute atomic E-state index is 15.8. The van der Waals surface area contributed by atoms with Crippen molar-refractivity contribution in [3.63, 3.8) is 0 Å². The van der Waals surface area contributed by atoms with Crippen LogP contribution in [0.5, 0.6) is 11.8 Å². The molecule has 1 fully saturated rings. The third kappa shape index (κ3) is 3.80. The second kappa shape index (κ2) is 8.13. The molecule has 30 heavy (non-hydrogen) atoms. The minimum Gasteiger partial charge on any atom is -0.481 e. The van der Waals surface area contributed by atoms with Gasteiger partial charge in [0.25, 0.3) is 15.9 Å². The SMILES string of the molecule is COc1cc(OC)nc(C2(O)CCCC2(F)C(=O)NNS(=O)(=O)c2ccccc2)n1. The summed E-state index contributed by atoms with van der Waals surface area (Å²) in [4.78, 5) is 22.3. The molecule has 2 aromatic rings. The normalized spacial score (nSPS) is 23.7. The van der Waals surface area contributed by atoms with Gasteiger partial charge in [0.05, 0.1) is 25.2 Å². The molecule has 0 saturated heterocycles. The number of hydrazine groups is 1. The van der Waals surface area contributed by atoms with Crippen LogP contribution in [0.25, 0.3) is 0 Å². The van der Waals surface area contributed by atoms with Gasteiger partial charge in [0, 0.05) is 0 Å². The zero-order chi connectivity index (χ0) is 22.0. The molecule has 1 aliphatic carbocycles. The van der Waals surface area contributed by atoms with E-state index in [0.29, 0.717) is 0 Å². The van der Waals surface area contributed by atoms with E-state index in [1.165, 1.54) is 44.6 Å². The van der Waals surface area contributed by atoms with Gasteiger partial charge in [0.1, 0.15) is 0 Å². The number of nitrogens with zero attached hydrogens (tertiary/aromatic N) is 2. The molecule has 3 rings (SSSR count). The zero-order valence-electron chi connectivity index (χ0n) is 16.3. The number of nitrogens with one attached hydrogen (secondary N) is 2. The van der Waals surface area contributed by atoms with E-state index in [2.05, 4.69) is 9.97 Å².